The van der Waals surface area contributed by atoms with Crippen LogP contribution in [-0.2, 0) is 17.9 Å². The van der Waals surface area contributed by atoms with Crippen LogP contribution in [0.5, 0.6) is 0 Å². The van der Waals surface area contributed by atoms with Crippen LogP contribution in [0.2, 0.25) is 0 Å². The average Bonchev–Trinajstić information content (AvgIpc) is 3.29. The van der Waals surface area contributed by atoms with Gasteiger partial charge in [0.25, 0.3) is 0 Å². The number of carbonyl (C=O) groups excluding carboxylic acids is 1. The summed E-state index contributed by atoms with van der Waals surface area (Å²) in [6, 6.07) is 11.5. The van der Waals surface area contributed by atoms with Crippen molar-refractivity contribution >= 4 is 33.6 Å². The van der Waals surface area contributed by atoms with Gasteiger partial charge in [-0.15, -0.1) is 16.8 Å². The zero-order valence-corrected chi connectivity index (χ0v) is 16.3. The summed E-state index contributed by atoms with van der Waals surface area (Å²) < 4.78 is 8.14. The largest absolute Gasteiger partial charge is 0.467 e. The lowest BCUT2D eigenvalue weighted by atomic mass is 10.2. The van der Waals surface area contributed by atoms with Crippen molar-refractivity contribution in [1.29, 1.82) is 0 Å². The molecule has 0 spiro atoms. The molecule has 0 saturated carbocycles. The second-order valence-electron chi connectivity index (χ2n) is 5.36. The minimum Gasteiger partial charge on any atom is -0.467 e. The molecule has 0 aliphatic carbocycles. The van der Waals surface area contributed by atoms with E-state index in [4.69, 9.17) is 4.42 Å². The standard InChI is InChI=1S/C18H17BrN4O2S/c1-2-9-23-17(13-5-7-14(19)8-6-13)21-22-18(23)26-12-16(24)20-11-15-4-3-10-25-15/h2-8,10H,1,9,11-12H2,(H,20,24). The van der Waals surface area contributed by atoms with E-state index in [2.05, 4.69) is 38.0 Å². The first-order valence-electron chi connectivity index (χ1n) is 7.89. The van der Waals surface area contributed by atoms with Crippen molar-refractivity contribution in [2.24, 2.45) is 0 Å². The maximum atomic E-state index is 12.0. The Balaban J connectivity index is 1.66. The quantitative estimate of drug-likeness (QED) is 0.431. The van der Waals surface area contributed by atoms with Crippen molar-refractivity contribution in [3.05, 3.63) is 65.5 Å². The molecule has 0 fully saturated rings. The van der Waals surface area contributed by atoms with Crippen molar-refractivity contribution < 1.29 is 9.21 Å². The Hall–Kier alpha value is -2.32. The predicted molar refractivity (Wildman–Crippen MR) is 105 cm³/mol. The molecule has 2 heterocycles. The highest BCUT2D eigenvalue weighted by atomic mass is 79.9. The second kappa shape index (κ2) is 8.86. The summed E-state index contributed by atoms with van der Waals surface area (Å²) >= 11 is 4.77. The second-order valence-corrected chi connectivity index (χ2v) is 7.22. The van der Waals surface area contributed by atoms with Crippen LogP contribution >= 0.6 is 27.7 Å². The first-order chi connectivity index (χ1) is 12.7. The number of hydrogen-bond donors (Lipinski definition) is 1. The molecule has 3 aromatic rings. The number of amides is 1. The van der Waals surface area contributed by atoms with Crippen LogP contribution in [0.1, 0.15) is 5.76 Å². The number of thioether (sulfide) groups is 1. The number of carbonyl (C=O) groups is 1. The smallest absolute Gasteiger partial charge is 0.230 e. The van der Waals surface area contributed by atoms with E-state index in [1.165, 1.54) is 11.8 Å². The third-order valence-electron chi connectivity index (χ3n) is 3.50. The van der Waals surface area contributed by atoms with Crippen LogP contribution in [0.4, 0.5) is 0 Å². The number of allylic oxidation sites excluding steroid dienone is 1. The molecule has 0 atom stereocenters. The number of benzene rings is 1. The minimum absolute atomic E-state index is 0.0928. The minimum atomic E-state index is -0.0928. The van der Waals surface area contributed by atoms with Crippen molar-refractivity contribution in [2.45, 2.75) is 18.2 Å². The molecule has 3 rings (SSSR count). The molecule has 0 unspecified atom stereocenters. The summed E-state index contributed by atoms with van der Waals surface area (Å²) in [5, 5.41) is 12.0. The molecule has 0 aliphatic heterocycles. The van der Waals surface area contributed by atoms with Gasteiger partial charge in [0.05, 0.1) is 18.6 Å². The van der Waals surface area contributed by atoms with E-state index in [1.54, 1.807) is 18.4 Å². The van der Waals surface area contributed by atoms with Gasteiger partial charge < -0.3 is 9.73 Å². The lowest BCUT2D eigenvalue weighted by molar-refractivity contribution is -0.118. The van der Waals surface area contributed by atoms with E-state index in [0.717, 1.165) is 21.6 Å². The number of hydrogen-bond acceptors (Lipinski definition) is 5. The Kier molecular flexibility index (Phi) is 6.30. The van der Waals surface area contributed by atoms with Gasteiger partial charge in [0.15, 0.2) is 11.0 Å². The monoisotopic (exact) mass is 432 g/mol. The summed E-state index contributed by atoms with van der Waals surface area (Å²) in [4.78, 5) is 12.0. The molecule has 1 N–H and O–H groups in total. The highest BCUT2D eigenvalue weighted by molar-refractivity contribution is 9.10. The van der Waals surface area contributed by atoms with E-state index in [9.17, 15) is 4.79 Å². The van der Waals surface area contributed by atoms with Crippen LogP contribution in [0.15, 0.2) is 69.4 Å². The number of nitrogens with one attached hydrogen (secondary N) is 1. The first-order valence-corrected chi connectivity index (χ1v) is 9.67. The Labute approximate surface area is 163 Å². The molecular formula is C18H17BrN4O2S. The molecule has 1 amide bonds. The van der Waals surface area contributed by atoms with Crippen molar-refractivity contribution in [3.63, 3.8) is 0 Å². The summed E-state index contributed by atoms with van der Waals surface area (Å²) in [6.07, 6.45) is 3.37. The van der Waals surface area contributed by atoms with Crippen LogP contribution in [-0.4, -0.2) is 26.4 Å². The zero-order chi connectivity index (χ0) is 18.4. The number of nitrogens with zero attached hydrogens (tertiary/aromatic N) is 3. The number of halogens is 1. The summed E-state index contributed by atoms with van der Waals surface area (Å²) in [5.41, 5.74) is 0.955. The highest BCUT2D eigenvalue weighted by Crippen LogP contribution is 2.25. The topological polar surface area (TPSA) is 73.0 Å². The maximum Gasteiger partial charge on any atom is 0.230 e. The highest BCUT2D eigenvalue weighted by Gasteiger charge is 2.15. The molecule has 0 saturated heterocycles. The molecule has 2 aromatic heterocycles. The van der Waals surface area contributed by atoms with Gasteiger partial charge in [0.2, 0.25) is 5.91 Å². The fraction of sp³-hybridized carbons (Fsp3) is 0.167. The fourth-order valence-corrected chi connectivity index (χ4v) is 3.32. The summed E-state index contributed by atoms with van der Waals surface area (Å²) in [5.74, 6) is 1.62. The molecule has 134 valence electrons. The van der Waals surface area contributed by atoms with E-state index < -0.39 is 0 Å². The van der Waals surface area contributed by atoms with Crippen LogP contribution in [0.3, 0.4) is 0 Å². The van der Waals surface area contributed by atoms with Gasteiger partial charge in [-0.3, -0.25) is 9.36 Å². The van der Waals surface area contributed by atoms with Crippen molar-refractivity contribution in [3.8, 4) is 11.4 Å². The van der Waals surface area contributed by atoms with Gasteiger partial charge in [-0.2, -0.15) is 0 Å². The molecule has 1 aromatic carbocycles. The normalized spacial score (nSPS) is 10.7. The lowest BCUT2D eigenvalue weighted by Crippen LogP contribution is -2.24. The molecular weight excluding hydrogens is 416 g/mol. The Morgan fingerprint density at radius 2 is 2.12 bits per heavy atom. The SMILES string of the molecule is C=CCn1c(SCC(=O)NCc2ccco2)nnc1-c1ccc(Br)cc1. The molecule has 6 nitrogen and oxygen atoms in total. The number of furan rings is 1. The molecule has 0 aliphatic rings. The molecule has 0 radical (unpaired) electrons. The van der Waals surface area contributed by atoms with Gasteiger partial charge >= 0.3 is 0 Å². The average molecular weight is 433 g/mol. The third-order valence-corrected chi connectivity index (χ3v) is 5.00. The van der Waals surface area contributed by atoms with E-state index in [0.29, 0.717) is 18.2 Å². The van der Waals surface area contributed by atoms with Crippen LogP contribution < -0.4 is 5.32 Å². The van der Waals surface area contributed by atoms with Gasteiger partial charge in [0.1, 0.15) is 5.76 Å². The van der Waals surface area contributed by atoms with Gasteiger partial charge in [-0.25, -0.2) is 0 Å². The van der Waals surface area contributed by atoms with Gasteiger partial charge in [-0.05, 0) is 24.3 Å². The summed E-state index contributed by atoms with van der Waals surface area (Å²) in [6.45, 7) is 4.73. The predicted octanol–water partition coefficient (Wildman–Crippen LogP) is 3.90. The molecule has 0 bridgehead atoms. The Morgan fingerprint density at radius 1 is 1.31 bits per heavy atom. The molecule has 26 heavy (non-hydrogen) atoms. The number of aromatic nitrogens is 3. The van der Waals surface area contributed by atoms with E-state index in [1.807, 2.05) is 34.9 Å². The zero-order valence-electron chi connectivity index (χ0n) is 13.9. The van der Waals surface area contributed by atoms with E-state index in [-0.39, 0.29) is 11.7 Å². The van der Waals surface area contributed by atoms with Gasteiger partial charge in [-0.1, -0.05) is 45.9 Å². The lowest BCUT2D eigenvalue weighted by Gasteiger charge is -2.08. The van der Waals surface area contributed by atoms with Crippen LogP contribution in [0.25, 0.3) is 11.4 Å². The third kappa shape index (κ3) is 4.64. The van der Waals surface area contributed by atoms with Crippen LogP contribution in [0, 0.1) is 0 Å². The Bertz CT molecular complexity index is 875. The van der Waals surface area contributed by atoms with E-state index >= 15 is 0 Å². The molecule has 8 heteroatoms. The van der Waals surface area contributed by atoms with Gasteiger partial charge in [0, 0.05) is 16.6 Å². The summed E-state index contributed by atoms with van der Waals surface area (Å²) in [7, 11) is 0. The maximum absolute atomic E-state index is 12.0. The van der Waals surface area contributed by atoms with Crippen molar-refractivity contribution in [2.75, 3.05) is 5.75 Å². The van der Waals surface area contributed by atoms with Crippen molar-refractivity contribution in [1.82, 2.24) is 20.1 Å². The fourth-order valence-electron chi connectivity index (χ4n) is 2.28. The Morgan fingerprint density at radius 3 is 2.81 bits per heavy atom. The first kappa shape index (κ1) is 18.5. The number of rotatable bonds is 8.